The zero-order chi connectivity index (χ0) is 23.1. The molecule has 2 N–H and O–H groups in total. The highest BCUT2D eigenvalue weighted by atomic mass is 16.6. The Morgan fingerprint density at radius 3 is 2.50 bits per heavy atom. The second-order valence-corrected chi connectivity index (χ2v) is 7.25. The van der Waals surface area contributed by atoms with Gasteiger partial charge in [-0.3, -0.25) is 30.6 Å². The molecule has 0 radical (unpaired) electrons. The van der Waals surface area contributed by atoms with Crippen LogP contribution >= 0.6 is 0 Å². The smallest absolute Gasteiger partial charge is 0.292 e. The number of amides is 2. The van der Waals surface area contributed by atoms with Crippen LogP contribution < -0.4 is 25.2 Å². The van der Waals surface area contributed by atoms with Crippen molar-refractivity contribution in [2.45, 2.75) is 19.8 Å². The standard InChI is InChI=1S/C22H26N4O6/c1-3-32-19-9-8-16(14-20(19)31-2)22(28)24-23-21(27)15-10-12-25(13-11-15)17-6-4-5-7-18(17)26(29)30/h4-9,14-15H,3,10-13H2,1-2H3,(H,23,27)(H,24,28). The molecule has 10 heteroatoms. The fourth-order valence-corrected chi connectivity index (χ4v) is 3.64. The van der Waals surface area contributed by atoms with Gasteiger partial charge in [0.25, 0.3) is 11.6 Å². The molecule has 170 valence electrons. The molecule has 0 atom stereocenters. The number of para-hydroxylation sites is 2. The van der Waals surface area contributed by atoms with Gasteiger partial charge in [-0.25, -0.2) is 0 Å². The largest absolute Gasteiger partial charge is 0.493 e. The highest BCUT2D eigenvalue weighted by Crippen LogP contribution is 2.31. The molecule has 1 aliphatic rings. The molecule has 0 unspecified atom stereocenters. The van der Waals surface area contributed by atoms with Crippen molar-refractivity contribution >= 4 is 23.2 Å². The Bertz CT molecular complexity index is 988. The fourth-order valence-electron chi connectivity index (χ4n) is 3.64. The van der Waals surface area contributed by atoms with Crippen molar-refractivity contribution in [3.63, 3.8) is 0 Å². The van der Waals surface area contributed by atoms with Crippen molar-refractivity contribution in [2.75, 3.05) is 31.7 Å². The van der Waals surface area contributed by atoms with Crippen LogP contribution in [0.5, 0.6) is 11.5 Å². The summed E-state index contributed by atoms with van der Waals surface area (Å²) in [5.41, 5.74) is 5.82. The minimum Gasteiger partial charge on any atom is -0.493 e. The summed E-state index contributed by atoms with van der Waals surface area (Å²) in [5, 5.41) is 11.3. The summed E-state index contributed by atoms with van der Waals surface area (Å²) < 4.78 is 10.7. The number of hydrogen-bond donors (Lipinski definition) is 2. The van der Waals surface area contributed by atoms with E-state index in [-0.39, 0.29) is 17.5 Å². The number of anilines is 1. The quantitative estimate of drug-likeness (QED) is 0.499. The number of nitro benzene ring substituents is 1. The van der Waals surface area contributed by atoms with Gasteiger partial charge in [-0.05, 0) is 44.0 Å². The van der Waals surface area contributed by atoms with Crippen LogP contribution in [0.1, 0.15) is 30.1 Å². The van der Waals surface area contributed by atoms with Gasteiger partial charge in [0.15, 0.2) is 11.5 Å². The van der Waals surface area contributed by atoms with Gasteiger partial charge in [0.2, 0.25) is 5.91 Å². The van der Waals surface area contributed by atoms with E-state index in [0.717, 1.165) is 0 Å². The van der Waals surface area contributed by atoms with Crippen LogP contribution in [-0.2, 0) is 4.79 Å². The van der Waals surface area contributed by atoms with Crippen LogP contribution in [-0.4, -0.2) is 43.5 Å². The minimum atomic E-state index is -0.475. The molecular weight excluding hydrogens is 416 g/mol. The van der Waals surface area contributed by atoms with E-state index in [1.807, 2.05) is 11.8 Å². The molecule has 1 aliphatic heterocycles. The number of nitro groups is 1. The zero-order valence-corrected chi connectivity index (χ0v) is 18.0. The SMILES string of the molecule is CCOc1ccc(C(=O)NNC(=O)C2CCN(c3ccccc3[N+](=O)[O-])CC2)cc1OC. The summed E-state index contributed by atoms with van der Waals surface area (Å²) in [6.45, 7) is 3.33. The predicted octanol–water partition coefficient (Wildman–Crippen LogP) is 2.68. The number of nitrogens with zero attached hydrogens (tertiary/aromatic N) is 2. The molecule has 0 saturated carbocycles. The highest BCUT2D eigenvalue weighted by molar-refractivity contribution is 5.96. The zero-order valence-electron chi connectivity index (χ0n) is 18.0. The molecule has 1 fully saturated rings. The summed E-state index contributed by atoms with van der Waals surface area (Å²) in [7, 11) is 1.48. The number of piperidine rings is 1. The lowest BCUT2D eigenvalue weighted by atomic mass is 9.95. The second kappa shape index (κ2) is 10.5. The van der Waals surface area contributed by atoms with E-state index in [2.05, 4.69) is 10.9 Å². The Labute approximate surface area is 185 Å². The Balaban J connectivity index is 1.53. The van der Waals surface area contributed by atoms with Crippen LogP contribution in [0.25, 0.3) is 0 Å². The Morgan fingerprint density at radius 1 is 1.12 bits per heavy atom. The van der Waals surface area contributed by atoms with Crippen LogP contribution in [0.2, 0.25) is 0 Å². The topological polar surface area (TPSA) is 123 Å². The van der Waals surface area contributed by atoms with Gasteiger partial charge in [-0.1, -0.05) is 12.1 Å². The molecule has 10 nitrogen and oxygen atoms in total. The van der Waals surface area contributed by atoms with Crippen LogP contribution in [0.15, 0.2) is 42.5 Å². The van der Waals surface area contributed by atoms with Gasteiger partial charge in [-0.2, -0.15) is 0 Å². The molecule has 2 aromatic carbocycles. The van der Waals surface area contributed by atoms with E-state index in [9.17, 15) is 19.7 Å². The van der Waals surface area contributed by atoms with Gasteiger partial charge in [0.05, 0.1) is 18.6 Å². The first kappa shape index (κ1) is 22.9. The van der Waals surface area contributed by atoms with Crippen molar-refractivity contribution in [3.05, 3.63) is 58.1 Å². The normalized spacial score (nSPS) is 13.9. The third-order valence-corrected chi connectivity index (χ3v) is 5.31. The predicted molar refractivity (Wildman–Crippen MR) is 118 cm³/mol. The highest BCUT2D eigenvalue weighted by Gasteiger charge is 2.28. The maximum atomic E-state index is 12.5. The third kappa shape index (κ3) is 5.26. The van der Waals surface area contributed by atoms with Gasteiger partial charge in [-0.15, -0.1) is 0 Å². The molecular formula is C22H26N4O6. The molecule has 2 amide bonds. The molecule has 32 heavy (non-hydrogen) atoms. The summed E-state index contributed by atoms with van der Waals surface area (Å²) >= 11 is 0. The first-order valence-electron chi connectivity index (χ1n) is 10.3. The molecule has 1 heterocycles. The van der Waals surface area contributed by atoms with Crippen LogP contribution in [0, 0.1) is 16.0 Å². The molecule has 0 bridgehead atoms. The first-order valence-corrected chi connectivity index (χ1v) is 10.3. The van der Waals surface area contributed by atoms with E-state index in [0.29, 0.717) is 55.3 Å². The Morgan fingerprint density at radius 2 is 1.84 bits per heavy atom. The lowest BCUT2D eigenvalue weighted by molar-refractivity contribution is -0.384. The second-order valence-electron chi connectivity index (χ2n) is 7.25. The van der Waals surface area contributed by atoms with Crippen molar-refractivity contribution in [2.24, 2.45) is 5.92 Å². The van der Waals surface area contributed by atoms with Gasteiger partial charge >= 0.3 is 0 Å². The van der Waals surface area contributed by atoms with Gasteiger partial charge < -0.3 is 14.4 Å². The number of hydrogen-bond acceptors (Lipinski definition) is 7. The summed E-state index contributed by atoms with van der Waals surface area (Å²) in [4.78, 5) is 37.7. The Kier molecular flexibility index (Phi) is 7.48. The van der Waals surface area contributed by atoms with E-state index in [1.54, 1.807) is 30.3 Å². The maximum Gasteiger partial charge on any atom is 0.292 e. The van der Waals surface area contributed by atoms with E-state index >= 15 is 0 Å². The third-order valence-electron chi connectivity index (χ3n) is 5.31. The molecule has 3 rings (SSSR count). The number of hydrazine groups is 1. The molecule has 2 aromatic rings. The first-order chi connectivity index (χ1) is 15.4. The van der Waals surface area contributed by atoms with Crippen LogP contribution in [0.3, 0.4) is 0 Å². The van der Waals surface area contributed by atoms with E-state index in [1.165, 1.54) is 19.2 Å². The average molecular weight is 442 g/mol. The number of rotatable bonds is 7. The molecule has 0 aliphatic carbocycles. The number of benzene rings is 2. The Hall–Kier alpha value is -3.82. The van der Waals surface area contributed by atoms with Gasteiger partial charge in [0, 0.05) is 30.6 Å². The van der Waals surface area contributed by atoms with Crippen molar-refractivity contribution in [3.8, 4) is 11.5 Å². The summed E-state index contributed by atoms with van der Waals surface area (Å²) in [5.74, 6) is -0.117. The summed E-state index contributed by atoms with van der Waals surface area (Å²) in [6, 6.07) is 11.3. The van der Waals surface area contributed by atoms with Crippen molar-refractivity contribution in [1.82, 2.24) is 10.9 Å². The van der Waals surface area contributed by atoms with Gasteiger partial charge in [0.1, 0.15) is 5.69 Å². The van der Waals surface area contributed by atoms with Crippen LogP contribution in [0.4, 0.5) is 11.4 Å². The fraction of sp³-hybridized carbons (Fsp3) is 0.364. The van der Waals surface area contributed by atoms with Crippen molar-refractivity contribution in [1.29, 1.82) is 0 Å². The van der Waals surface area contributed by atoms with E-state index < -0.39 is 10.8 Å². The number of nitrogens with one attached hydrogen (secondary N) is 2. The molecule has 1 saturated heterocycles. The minimum absolute atomic E-state index is 0.0495. The average Bonchev–Trinajstić information content (AvgIpc) is 2.82. The number of carbonyl (C=O) groups is 2. The van der Waals surface area contributed by atoms with Crippen molar-refractivity contribution < 1.29 is 24.0 Å². The maximum absolute atomic E-state index is 12.5. The number of ether oxygens (including phenoxy) is 2. The number of methoxy groups -OCH3 is 1. The summed E-state index contributed by atoms with van der Waals surface area (Å²) in [6.07, 6.45) is 1.04. The lowest BCUT2D eigenvalue weighted by Gasteiger charge is -2.32. The molecule has 0 spiro atoms. The molecule has 0 aromatic heterocycles. The monoisotopic (exact) mass is 442 g/mol. The lowest BCUT2D eigenvalue weighted by Crippen LogP contribution is -2.47. The number of carbonyl (C=O) groups excluding carboxylic acids is 2. The van der Waals surface area contributed by atoms with E-state index in [4.69, 9.17) is 9.47 Å².